The Bertz CT molecular complexity index is 736. The normalized spacial score (nSPS) is 18.8. The second-order valence-corrected chi connectivity index (χ2v) is 7.43. The van der Waals surface area contributed by atoms with Crippen molar-refractivity contribution in [1.29, 1.82) is 0 Å². The zero-order chi connectivity index (χ0) is 16.6. The zero-order valence-corrected chi connectivity index (χ0v) is 14.5. The van der Waals surface area contributed by atoms with Gasteiger partial charge in [0, 0.05) is 17.7 Å². The Morgan fingerprint density at radius 2 is 2.22 bits per heavy atom. The molecular formula is C18H22N2O2S. The molecule has 1 aliphatic heterocycles. The van der Waals surface area contributed by atoms with E-state index in [0.29, 0.717) is 12.1 Å². The van der Waals surface area contributed by atoms with Gasteiger partial charge in [-0.15, -0.1) is 11.3 Å². The number of benzene rings is 1. The van der Waals surface area contributed by atoms with Gasteiger partial charge >= 0.3 is 0 Å². The van der Waals surface area contributed by atoms with E-state index in [1.165, 1.54) is 11.3 Å². The molecule has 0 aliphatic carbocycles. The summed E-state index contributed by atoms with van der Waals surface area (Å²) in [5.74, 6) is 0.774. The molecule has 0 spiro atoms. The minimum atomic E-state index is -0.329. The highest BCUT2D eigenvalue weighted by atomic mass is 32.1. The standard InChI is InChI=1S/C18H22N2O2S/c1-4-11-7-8-23-16(11)17(21)20-14-10-18(2,3)22-15-6-5-12(19)9-13(14)15/h5-9,14H,4,10,19H2,1-3H3,(H,20,21). The van der Waals surface area contributed by atoms with E-state index in [0.717, 1.165) is 28.2 Å². The fraction of sp³-hybridized carbons (Fsp3) is 0.389. The number of aryl methyl sites for hydroxylation is 1. The number of thiophene rings is 1. The van der Waals surface area contributed by atoms with Gasteiger partial charge in [0.2, 0.25) is 0 Å². The Kier molecular flexibility index (Phi) is 4.06. The molecule has 1 amide bonds. The minimum Gasteiger partial charge on any atom is -0.487 e. The van der Waals surface area contributed by atoms with Crippen LogP contribution in [0.2, 0.25) is 0 Å². The molecule has 3 N–H and O–H groups in total. The second kappa shape index (κ2) is 5.89. The Morgan fingerprint density at radius 3 is 2.96 bits per heavy atom. The van der Waals surface area contributed by atoms with Gasteiger partial charge in [0.25, 0.3) is 5.91 Å². The van der Waals surface area contributed by atoms with Crippen LogP contribution in [0.25, 0.3) is 0 Å². The van der Waals surface area contributed by atoms with Gasteiger partial charge < -0.3 is 15.8 Å². The molecule has 2 aromatic rings. The fourth-order valence-corrected chi connectivity index (χ4v) is 3.94. The first-order chi connectivity index (χ1) is 10.9. The van der Waals surface area contributed by atoms with Gasteiger partial charge in [0.05, 0.1) is 10.9 Å². The van der Waals surface area contributed by atoms with Gasteiger partial charge in [-0.25, -0.2) is 0 Å². The number of rotatable bonds is 3. The van der Waals surface area contributed by atoms with Crippen molar-refractivity contribution in [2.45, 2.75) is 45.3 Å². The molecule has 1 aliphatic rings. The Balaban J connectivity index is 1.90. The van der Waals surface area contributed by atoms with Gasteiger partial charge in [-0.1, -0.05) is 6.92 Å². The molecule has 0 fully saturated rings. The van der Waals surface area contributed by atoms with Crippen LogP contribution in [0, 0.1) is 0 Å². The van der Waals surface area contributed by atoms with Crippen molar-refractivity contribution in [2.75, 3.05) is 5.73 Å². The number of anilines is 1. The highest BCUT2D eigenvalue weighted by molar-refractivity contribution is 7.12. The molecule has 122 valence electrons. The summed E-state index contributed by atoms with van der Waals surface area (Å²) in [5.41, 5.74) is 8.31. The maximum absolute atomic E-state index is 12.7. The SMILES string of the molecule is CCc1ccsc1C(=O)NC1CC(C)(C)Oc2ccc(N)cc21. The minimum absolute atomic E-state index is 0.0204. The van der Waals surface area contributed by atoms with Crippen molar-refractivity contribution < 1.29 is 9.53 Å². The summed E-state index contributed by atoms with van der Waals surface area (Å²) in [6, 6.07) is 7.52. The fourth-order valence-electron chi connectivity index (χ4n) is 3.04. The van der Waals surface area contributed by atoms with E-state index in [4.69, 9.17) is 10.5 Å². The molecule has 0 saturated heterocycles. The summed E-state index contributed by atoms with van der Waals surface area (Å²) >= 11 is 1.49. The molecule has 23 heavy (non-hydrogen) atoms. The van der Waals surface area contributed by atoms with Crippen LogP contribution in [0.1, 0.15) is 54.0 Å². The first kappa shape index (κ1) is 15.9. The molecule has 0 saturated carbocycles. The van der Waals surface area contributed by atoms with Crippen molar-refractivity contribution in [1.82, 2.24) is 5.32 Å². The lowest BCUT2D eigenvalue weighted by atomic mass is 9.89. The van der Waals surface area contributed by atoms with E-state index < -0.39 is 0 Å². The highest BCUT2D eigenvalue weighted by Gasteiger charge is 2.35. The summed E-state index contributed by atoms with van der Waals surface area (Å²) < 4.78 is 6.02. The maximum atomic E-state index is 12.7. The topological polar surface area (TPSA) is 64.3 Å². The molecule has 4 nitrogen and oxygen atoms in total. The van der Waals surface area contributed by atoms with Crippen LogP contribution in [0.4, 0.5) is 5.69 Å². The summed E-state index contributed by atoms with van der Waals surface area (Å²) in [4.78, 5) is 13.5. The molecule has 0 bridgehead atoms. The summed E-state index contributed by atoms with van der Waals surface area (Å²) in [6.45, 7) is 6.13. The third-order valence-electron chi connectivity index (χ3n) is 4.13. The number of carbonyl (C=O) groups is 1. The largest absolute Gasteiger partial charge is 0.487 e. The summed E-state index contributed by atoms with van der Waals surface area (Å²) in [7, 11) is 0. The van der Waals surface area contributed by atoms with Gasteiger partial charge in [-0.05, 0) is 55.5 Å². The van der Waals surface area contributed by atoms with Crippen molar-refractivity contribution in [2.24, 2.45) is 0 Å². The van der Waals surface area contributed by atoms with Crippen LogP contribution in [-0.2, 0) is 6.42 Å². The highest BCUT2D eigenvalue weighted by Crippen LogP contribution is 2.40. The van der Waals surface area contributed by atoms with Gasteiger partial charge in [-0.3, -0.25) is 4.79 Å². The smallest absolute Gasteiger partial charge is 0.262 e. The Morgan fingerprint density at radius 1 is 1.43 bits per heavy atom. The van der Waals surface area contributed by atoms with E-state index in [1.54, 1.807) is 0 Å². The molecule has 1 aromatic carbocycles. The molecule has 1 unspecified atom stereocenters. The summed E-state index contributed by atoms with van der Waals surface area (Å²) in [6.07, 6.45) is 1.57. The average molecular weight is 330 g/mol. The molecule has 5 heteroatoms. The molecule has 1 atom stereocenters. The van der Waals surface area contributed by atoms with Crippen molar-refractivity contribution in [3.63, 3.8) is 0 Å². The number of nitrogens with two attached hydrogens (primary N) is 1. The molecule has 1 aromatic heterocycles. The monoisotopic (exact) mass is 330 g/mol. The van der Waals surface area contributed by atoms with E-state index in [9.17, 15) is 4.79 Å². The van der Waals surface area contributed by atoms with Gasteiger partial charge in [0.15, 0.2) is 0 Å². The third-order valence-corrected chi connectivity index (χ3v) is 5.09. The number of ether oxygens (including phenoxy) is 1. The lowest BCUT2D eigenvalue weighted by Crippen LogP contribution is -2.41. The Hall–Kier alpha value is -2.01. The van der Waals surface area contributed by atoms with Crippen LogP contribution in [0.15, 0.2) is 29.6 Å². The number of nitrogens with one attached hydrogen (secondary N) is 1. The van der Waals surface area contributed by atoms with E-state index in [2.05, 4.69) is 12.2 Å². The molecular weight excluding hydrogens is 308 g/mol. The number of amides is 1. The van der Waals surface area contributed by atoms with E-state index >= 15 is 0 Å². The number of hydrogen-bond acceptors (Lipinski definition) is 4. The zero-order valence-electron chi connectivity index (χ0n) is 13.7. The van der Waals surface area contributed by atoms with Crippen LogP contribution in [0.3, 0.4) is 0 Å². The number of nitrogen functional groups attached to an aromatic ring is 1. The first-order valence-corrected chi connectivity index (χ1v) is 8.73. The average Bonchev–Trinajstić information content (AvgIpc) is 2.96. The lowest BCUT2D eigenvalue weighted by molar-refractivity contribution is 0.0621. The molecule has 3 rings (SSSR count). The van der Waals surface area contributed by atoms with Crippen LogP contribution >= 0.6 is 11.3 Å². The van der Waals surface area contributed by atoms with Gasteiger partial charge in [0.1, 0.15) is 11.4 Å². The third kappa shape index (κ3) is 3.20. The number of hydrogen-bond donors (Lipinski definition) is 2. The van der Waals surface area contributed by atoms with Crippen LogP contribution < -0.4 is 15.8 Å². The number of carbonyl (C=O) groups excluding carboxylic acids is 1. The van der Waals surface area contributed by atoms with Crippen molar-refractivity contribution in [3.8, 4) is 5.75 Å². The van der Waals surface area contributed by atoms with Crippen molar-refractivity contribution in [3.05, 3.63) is 45.6 Å². The second-order valence-electron chi connectivity index (χ2n) is 6.52. The molecule has 0 radical (unpaired) electrons. The predicted octanol–water partition coefficient (Wildman–Crippen LogP) is 3.92. The molecule has 2 heterocycles. The maximum Gasteiger partial charge on any atom is 0.262 e. The van der Waals surface area contributed by atoms with Crippen LogP contribution in [0.5, 0.6) is 5.75 Å². The first-order valence-electron chi connectivity index (χ1n) is 7.85. The summed E-state index contributed by atoms with van der Waals surface area (Å²) in [5, 5.41) is 5.14. The van der Waals surface area contributed by atoms with E-state index in [-0.39, 0.29) is 17.6 Å². The lowest BCUT2D eigenvalue weighted by Gasteiger charge is -2.38. The Labute approximate surface area is 140 Å². The predicted molar refractivity (Wildman–Crippen MR) is 94.1 cm³/mol. The quantitative estimate of drug-likeness (QED) is 0.838. The number of fused-ring (bicyclic) bond motifs is 1. The van der Waals surface area contributed by atoms with Crippen molar-refractivity contribution >= 4 is 22.9 Å². The van der Waals surface area contributed by atoms with Crippen LogP contribution in [-0.4, -0.2) is 11.5 Å². The van der Waals surface area contributed by atoms with Gasteiger partial charge in [-0.2, -0.15) is 0 Å². The van der Waals surface area contributed by atoms with E-state index in [1.807, 2.05) is 43.5 Å².